The summed E-state index contributed by atoms with van der Waals surface area (Å²) in [6.45, 7) is 5.21. The van der Waals surface area contributed by atoms with Gasteiger partial charge >= 0.3 is 0 Å². The molecule has 0 aliphatic carbocycles. The maximum Gasteiger partial charge on any atom is 0.254 e. The Morgan fingerprint density at radius 3 is 2.23 bits per heavy atom. The molecule has 2 aliphatic heterocycles. The Labute approximate surface area is 231 Å². The summed E-state index contributed by atoms with van der Waals surface area (Å²) in [7, 11) is 0. The molecule has 0 N–H and O–H groups in total. The number of fused-ring (bicyclic) bond motifs is 1. The lowest BCUT2D eigenvalue weighted by Gasteiger charge is -2.35. The third-order valence-corrected chi connectivity index (χ3v) is 8.29. The Bertz CT molecular complexity index is 1390. The van der Waals surface area contributed by atoms with Crippen LogP contribution in [0.15, 0.2) is 103 Å². The Morgan fingerprint density at radius 1 is 0.718 bits per heavy atom. The van der Waals surface area contributed by atoms with Gasteiger partial charge in [0.15, 0.2) is 0 Å². The number of rotatable bonds is 8. The third-order valence-electron chi connectivity index (χ3n) is 8.29. The first-order valence-electron chi connectivity index (χ1n) is 14.2. The second-order valence-electron chi connectivity index (χ2n) is 10.7. The summed E-state index contributed by atoms with van der Waals surface area (Å²) in [6, 6.07) is 35.6. The van der Waals surface area contributed by atoms with E-state index in [0.29, 0.717) is 12.5 Å². The van der Waals surface area contributed by atoms with Crippen LogP contribution in [0.3, 0.4) is 0 Å². The summed E-state index contributed by atoms with van der Waals surface area (Å²) in [5, 5.41) is 0. The SMILES string of the molecule is O=C1c2ccc(OCc3ccccc3-c3ccccc3)cc2CCN1CCN1CCC(c2ccccc2)CC1. The van der Waals surface area contributed by atoms with Gasteiger partial charge in [-0.25, -0.2) is 0 Å². The average Bonchev–Trinajstić information content (AvgIpc) is 3.01. The Kier molecular flexibility index (Phi) is 7.73. The fraction of sp³-hybridized carbons (Fsp3) is 0.286. The molecule has 0 bridgehead atoms. The summed E-state index contributed by atoms with van der Waals surface area (Å²) < 4.78 is 6.22. The topological polar surface area (TPSA) is 32.8 Å². The zero-order chi connectivity index (χ0) is 26.4. The van der Waals surface area contributed by atoms with Crippen molar-refractivity contribution in [3.05, 3.63) is 125 Å². The van der Waals surface area contributed by atoms with Crippen LogP contribution >= 0.6 is 0 Å². The van der Waals surface area contributed by atoms with Gasteiger partial charge in [-0.2, -0.15) is 0 Å². The molecule has 1 fully saturated rings. The van der Waals surface area contributed by atoms with Gasteiger partial charge in [0.2, 0.25) is 0 Å². The average molecular weight is 517 g/mol. The van der Waals surface area contributed by atoms with Gasteiger partial charge in [0.1, 0.15) is 12.4 Å². The van der Waals surface area contributed by atoms with Crippen LogP contribution in [0.4, 0.5) is 0 Å². The Hall–Kier alpha value is -3.89. The smallest absolute Gasteiger partial charge is 0.254 e. The van der Waals surface area contributed by atoms with Crippen LogP contribution < -0.4 is 4.74 Å². The van der Waals surface area contributed by atoms with E-state index in [-0.39, 0.29) is 5.91 Å². The molecule has 0 aromatic heterocycles. The van der Waals surface area contributed by atoms with E-state index < -0.39 is 0 Å². The molecule has 0 unspecified atom stereocenters. The lowest BCUT2D eigenvalue weighted by atomic mass is 9.89. The van der Waals surface area contributed by atoms with Gasteiger partial charge < -0.3 is 14.5 Å². The van der Waals surface area contributed by atoms with Crippen LogP contribution in [0.2, 0.25) is 0 Å². The molecule has 0 radical (unpaired) electrons. The van der Waals surface area contributed by atoms with Gasteiger partial charge in [-0.15, -0.1) is 0 Å². The van der Waals surface area contributed by atoms with E-state index in [1.807, 2.05) is 23.1 Å². The summed E-state index contributed by atoms with van der Waals surface area (Å²) >= 11 is 0. The third kappa shape index (κ3) is 5.91. The Morgan fingerprint density at radius 2 is 1.44 bits per heavy atom. The molecule has 4 aromatic rings. The second-order valence-corrected chi connectivity index (χ2v) is 10.7. The molecular formula is C35H36N2O2. The van der Waals surface area contributed by atoms with Crippen molar-refractivity contribution in [3.8, 4) is 16.9 Å². The van der Waals surface area contributed by atoms with E-state index in [1.54, 1.807) is 0 Å². The number of hydrogen-bond acceptors (Lipinski definition) is 3. The second kappa shape index (κ2) is 11.9. The number of benzene rings is 4. The van der Waals surface area contributed by atoms with E-state index >= 15 is 0 Å². The number of carbonyl (C=O) groups excluding carboxylic acids is 1. The van der Waals surface area contributed by atoms with E-state index in [1.165, 1.54) is 29.5 Å². The highest BCUT2D eigenvalue weighted by Crippen LogP contribution is 2.29. The van der Waals surface area contributed by atoms with E-state index in [0.717, 1.165) is 61.6 Å². The molecule has 6 rings (SSSR count). The predicted octanol–water partition coefficient (Wildman–Crippen LogP) is 6.81. The van der Waals surface area contributed by atoms with Crippen LogP contribution in [0.5, 0.6) is 5.75 Å². The van der Waals surface area contributed by atoms with Crippen molar-refractivity contribution in [2.45, 2.75) is 31.8 Å². The number of likely N-dealkylation sites (tertiary alicyclic amines) is 1. The van der Waals surface area contributed by atoms with Crippen LogP contribution in [-0.4, -0.2) is 48.4 Å². The molecule has 4 heteroatoms. The lowest BCUT2D eigenvalue weighted by Crippen LogP contribution is -2.44. The zero-order valence-electron chi connectivity index (χ0n) is 22.5. The van der Waals surface area contributed by atoms with E-state index in [2.05, 4.69) is 89.8 Å². The van der Waals surface area contributed by atoms with Crippen molar-refractivity contribution in [1.82, 2.24) is 9.80 Å². The number of nitrogens with zero attached hydrogens (tertiary/aromatic N) is 2. The van der Waals surface area contributed by atoms with Gasteiger partial charge in [0.25, 0.3) is 5.91 Å². The molecule has 39 heavy (non-hydrogen) atoms. The highest BCUT2D eigenvalue weighted by Gasteiger charge is 2.26. The summed E-state index contributed by atoms with van der Waals surface area (Å²) in [5.41, 5.74) is 6.90. The zero-order valence-corrected chi connectivity index (χ0v) is 22.5. The fourth-order valence-electron chi connectivity index (χ4n) is 6.00. The molecule has 0 saturated carbocycles. The largest absolute Gasteiger partial charge is 0.489 e. The van der Waals surface area contributed by atoms with Gasteiger partial charge in [0, 0.05) is 25.2 Å². The molecule has 0 atom stereocenters. The van der Waals surface area contributed by atoms with Crippen molar-refractivity contribution in [1.29, 1.82) is 0 Å². The molecule has 4 aromatic carbocycles. The molecule has 1 amide bonds. The van der Waals surface area contributed by atoms with Crippen molar-refractivity contribution >= 4 is 5.91 Å². The van der Waals surface area contributed by atoms with Crippen LogP contribution in [-0.2, 0) is 13.0 Å². The van der Waals surface area contributed by atoms with E-state index in [9.17, 15) is 4.79 Å². The van der Waals surface area contributed by atoms with Crippen LogP contribution in [0.25, 0.3) is 11.1 Å². The normalized spacial score (nSPS) is 16.2. The van der Waals surface area contributed by atoms with Gasteiger partial charge in [0.05, 0.1) is 0 Å². The van der Waals surface area contributed by atoms with Crippen molar-refractivity contribution in [3.63, 3.8) is 0 Å². The van der Waals surface area contributed by atoms with E-state index in [4.69, 9.17) is 4.74 Å². The predicted molar refractivity (Wildman–Crippen MR) is 157 cm³/mol. The molecule has 2 heterocycles. The molecule has 0 spiro atoms. The minimum Gasteiger partial charge on any atom is -0.489 e. The van der Waals surface area contributed by atoms with Crippen LogP contribution in [0, 0.1) is 0 Å². The lowest BCUT2D eigenvalue weighted by molar-refractivity contribution is 0.0710. The first-order chi connectivity index (χ1) is 19.2. The van der Waals surface area contributed by atoms with Crippen molar-refractivity contribution in [2.24, 2.45) is 0 Å². The molecular weight excluding hydrogens is 480 g/mol. The van der Waals surface area contributed by atoms with Crippen LogP contribution in [0.1, 0.15) is 45.8 Å². The fourth-order valence-corrected chi connectivity index (χ4v) is 6.00. The number of carbonyl (C=O) groups is 1. The highest BCUT2D eigenvalue weighted by atomic mass is 16.5. The molecule has 1 saturated heterocycles. The minimum absolute atomic E-state index is 0.149. The summed E-state index contributed by atoms with van der Waals surface area (Å²) in [5.74, 6) is 1.63. The maximum absolute atomic E-state index is 13.3. The highest BCUT2D eigenvalue weighted by molar-refractivity contribution is 5.97. The van der Waals surface area contributed by atoms with Gasteiger partial charge in [-0.1, -0.05) is 84.9 Å². The minimum atomic E-state index is 0.149. The standard InChI is InChI=1S/C35H36N2O2/c38-35-34-16-15-32(39-26-31-13-7-8-14-33(31)29-11-5-2-6-12-29)25-30(34)19-22-37(35)24-23-36-20-17-28(18-21-36)27-9-3-1-4-10-27/h1-16,25,28H,17-24,26H2. The van der Waals surface area contributed by atoms with Crippen molar-refractivity contribution in [2.75, 3.05) is 32.7 Å². The first kappa shape index (κ1) is 25.4. The number of hydrogen-bond donors (Lipinski definition) is 0. The van der Waals surface area contributed by atoms with Gasteiger partial charge in [-0.3, -0.25) is 4.79 Å². The van der Waals surface area contributed by atoms with Gasteiger partial charge in [-0.05, 0) is 84.3 Å². The maximum atomic E-state index is 13.3. The van der Waals surface area contributed by atoms with Crippen molar-refractivity contribution < 1.29 is 9.53 Å². The number of ether oxygens (including phenoxy) is 1. The molecule has 2 aliphatic rings. The molecule has 4 nitrogen and oxygen atoms in total. The quantitative estimate of drug-likeness (QED) is 0.258. The summed E-state index contributed by atoms with van der Waals surface area (Å²) in [6.07, 6.45) is 3.26. The number of piperidine rings is 1. The Balaban J connectivity index is 1.03. The molecule has 198 valence electrons. The summed E-state index contributed by atoms with van der Waals surface area (Å²) in [4.78, 5) is 17.8. The first-order valence-corrected chi connectivity index (χ1v) is 14.2. The number of amides is 1. The monoisotopic (exact) mass is 516 g/mol.